The molecule has 0 aromatic heterocycles. The van der Waals surface area contributed by atoms with Gasteiger partial charge in [0.05, 0.1) is 5.57 Å². The van der Waals surface area contributed by atoms with E-state index < -0.39 is 11.8 Å². The third-order valence-electron chi connectivity index (χ3n) is 3.12. The number of hydrogen-bond acceptors (Lipinski definition) is 3. The minimum Gasteiger partial charge on any atom is -0.478 e. The summed E-state index contributed by atoms with van der Waals surface area (Å²) in [6, 6.07) is 4.05. The number of fused-ring (bicyclic) bond motifs is 2. The molecule has 0 atom stereocenters. The van der Waals surface area contributed by atoms with Crippen molar-refractivity contribution < 1.29 is 19.1 Å². The van der Waals surface area contributed by atoms with E-state index in [9.17, 15) is 14.0 Å². The molecule has 1 aromatic carbocycles. The van der Waals surface area contributed by atoms with Crippen LogP contribution < -0.4 is 0 Å². The molecule has 3 nitrogen and oxygen atoms in total. The van der Waals surface area contributed by atoms with Crippen molar-refractivity contribution in [1.82, 2.24) is 0 Å². The maximum absolute atomic E-state index is 13.3. The zero-order valence-corrected chi connectivity index (χ0v) is 11.0. The van der Waals surface area contributed by atoms with Crippen LogP contribution in [0.1, 0.15) is 16.8 Å². The van der Waals surface area contributed by atoms with Crippen LogP contribution in [0.3, 0.4) is 0 Å². The summed E-state index contributed by atoms with van der Waals surface area (Å²) in [6.45, 7) is 0. The van der Waals surface area contributed by atoms with Gasteiger partial charge in [0, 0.05) is 15.4 Å². The zero-order valence-electron chi connectivity index (χ0n) is 10.2. The number of carbonyl (C=O) groups excluding carboxylic acids is 1. The van der Waals surface area contributed by atoms with Gasteiger partial charge in [-0.05, 0) is 42.3 Å². The van der Waals surface area contributed by atoms with Gasteiger partial charge in [0.15, 0.2) is 5.78 Å². The van der Waals surface area contributed by atoms with Gasteiger partial charge >= 0.3 is 5.97 Å². The van der Waals surface area contributed by atoms with Crippen LogP contribution in [-0.4, -0.2) is 16.9 Å². The van der Waals surface area contributed by atoms with E-state index in [1.165, 1.54) is 30.0 Å². The Balaban J connectivity index is 2.10. The number of hydrogen-bond donors (Lipinski definition) is 1. The molecule has 1 aromatic rings. The van der Waals surface area contributed by atoms with Crippen molar-refractivity contribution in [1.29, 1.82) is 0 Å². The number of carboxylic acid groups (broad SMARTS) is 1. The number of carboxylic acids is 1. The molecule has 3 rings (SSSR count). The molecule has 0 saturated heterocycles. The van der Waals surface area contributed by atoms with Crippen molar-refractivity contribution in [2.45, 2.75) is 11.3 Å². The summed E-state index contributed by atoms with van der Waals surface area (Å²) < 4.78 is 13.3. The van der Waals surface area contributed by atoms with Crippen molar-refractivity contribution in [2.75, 3.05) is 0 Å². The lowest BCUT2D eigenvalue weighted by molar-refractivity contribution is -0.132. The fraction of sp³-hybridized carbons (Fsp3) is 0.0667. The van der Waals surface area contributed by atoms with Gasteiger partial charge in [-0.1, -0.05) is 17.8 Å². The van der Waals surface area contributed by atoms with Crippen LogP contribution in [0.4, 0.5) is 4.39 Å². The van der Waals surface area contributed by atoms with Crippen molar-refractivity contribution in [2.24, 2.45) is 0 Å². The largest absolute Gasteiger partial charge is 0.478 e. The zero-order chi connectivity index (χ0) is 14.3. The van der Waals surface area contributed by atoms with E-state index in [-0.39, 0.29) is 11.4 Å². The van der Waals surface area contributed by atoms with Gasteiger partial charge in [0.1, 0.15) is 5.82 Å². The topological polar surface area (TPSA) is 54.4 Å². The summed E-state index contributed by atoms with van der Waals surface area (Å²) >= 11 is 1.30. The van der Waals surface area contributed by atoms with Crippen LogP contribution in [0, 0.1) is 5.82 Å². The molecular weight excluding hydrogens is 279 g/mol. The molecule has 1 N–H and O–H groups in total. The second-order valence-corrected chi connectivity index (χ2v) is 5.54. The van der Waals surface area contributed by atoms with Gasteiger partial charge in [0.25, 0.3) is 0 Å². The van der Waals surface area contributed by atoms with Gasteiger partial charge in [-0.2, -0.15) is 0 Å². The van der Waals surface area contributed by atoms with E-state index in [1.807, 2.05) is 0 Å². The number of benzene rings is 1. The molecule has 2 aliphatic rings. The number of rotatable bonds is 1. The molecule has 1 heterocycles. The Morgan fingerprint density at radius 1 is 1.30 bits per heavy atom. The first-order valence-electron chi connectivity index (χ1n) is 5.92. The van der Waals surface area contributed by atoms with Crippen molar-refractivity contribution in [3.63, 3.8) is 0 Å². The second-order valence-electron chi connectivity index (χ2n) is 4.45. The maximum Gasteiger partial charge on any atom is 0.335 e. The van der Waals surface area contributed by atoms with Crippen LogP contribution >= 0.6 is 11.8 Å². The van der Waals surface area contributed by atoms with Crippen LogP contribution in [0.5, 0.6) is 0 Å². The Labute approximate surface area is 118 Å². The van der Waals surface area contributed by atoms with Crippen molar-refractivity contribution >= 4 is 23.5 Å². The van der Waals surface area contributed by atoms with Gasteiger partial charge in [-0.25, -0.2) is 9.18 Å². The Kier molecular flexibility index (Phi) is 3.06. The first-order valence-corrected chi connectivity index (χ1v) is 6.74. The fourth-order valence-electron chi connectivity index (χ4n) is 2.13. The quantitative estimate of drug-likeness (QED) is 0.861. The Morgan fingerprint density at radius 3 is 2.85 bits per heavy atom. The summed E-state index contributed by atoms with van der Waals surface area (Å²) in [5, 5.41) is 9.02. The first kappa shape index (κ1) is 12.9. The van der Waals surface area contributed by atoms with Crippen LogP contribution in [-0.2, 0) is 4.79 Å². The molecule has 0 fully saturated rings. The number of ketones is 1. The van der Waals surface area contributed by atoms with E-state index in [2.05, 4.69) is 0 Å². The predicted octanol–water partition coefficient (Wildman–Crippen LogP) is 3.34. The summed E-state index contributed by atoms with van der Waals surface area (Å²) in [5.41, 5.74) is 1.29. The van der Waals surface area contributed by atoms with Gasteiger partial charge in [0.2, 0.25) is 0 Å². The average Bonchev–Trinajstić information content (AvgIpc) is 2.54. The minimum absolute atomic E-state index is 0.211. The van der Waals surface area contributed by atoms with E-state index in [0.717, 1.165) is 10.5 Å². The smallest absolute Gasteiger partial charge is 0.335 e. The minimum atomic E-state index is -0.993. The van der Waals surface area contributed by atoms with Gasteiger partial charge in [-0.15, -0.1) is 0 Å². The van der Waals surface area contributed by atoms with Crippen LogP contribution in [0.25, 0.3) is 0 Å². The molecule has 5 heteroatoms. The number of halogens is 1. The average molecular weight is 288 g/mol. The summed E-state index contributed by atoms with van der Waals surface area (Å²) in [6.07, 6.45) is 4.97. The Bertz CT molecular complexity index is 729. The van der Waals surface area contributed by atoms with Crippen molar-refractivity contribution in [3.8, 4) is 0 Å². The van der Waals surface area contributed by atoms with E-state index in [1.54, 1.807) is 18.2 Å². The number of allylic oxidation sites excluding steroid dienone is 3. The number of carbonyl (C=O) groups is 2. The molecule has 100 valence electrons. The highest BCUT2D eigenvalue weighted by Gasteiger charge is 2.23. The van der Waals surface area contributed by atoms with E-state index in [0.29, 0.717) is 16.9 Å². The SMILES string of the molecule is O=C(O)C1=CCC2=CC(=O)c3cc(F)ccc3SC2=C1. The second kappa shape index (κ2) is 4.76. The van der Waals surface area contributed by atoms with Crippen molar-refractivity contribution in [3.05, 3.63) is 63.9 Å². The lowest BCUT2D eigenvalue weighted by atomic mass is 9.99. The third kappa shape index (κ3) is 2.20. The molecule has 0 bridgehead atoms. The molecule has 0 unspecified atom stereocenters. The predicted molar refractivity (Wildman–Crippen MR) is 73.1 cm³/mol. The van der Waals surface area contributed by atoms with Gasteiger partial charge in [-0.3, -0.25) is 4.79 Å². The van der Waals surface area contributed by atoms with Crippen LogP contribution in [0.2, 0.25) is 0 Å². The molecule has 0 amide bonds. The third-order valence-corrected chi connectivity index (χ3v) is 4.30. The highest BCUT2D eigenvalue weighted by Crippen LogP contribution is 2.41. The molecule has 1 aliphatic carbocycles. The molecule has 0 spiro atoms. The highest BCUT2D eigenvalue weighted by molar-refractivity contribution is 8.03. The summed E-state index contributed by atoms with van der Waals surface area (Å²) in [5.74, 6) is -1.70. The normalized spacial score (nSPS) is 17.2. The molecule has 20 heavy (non-hydrogen) atoms. The van der Waals surface area contributed by atoms with Crippen LogP contribution in [0.15, 0.2) is 57.4 Å². The van der Waals surface area contributed by atoms with E-state index >= 15 is 0 Å². The fourth-order valence-corrected chi connectivity index (χ4v) is 3.23. The summed E-state index contributed by atoms with van der Waals surface area (Å²) in [4.78, 5) is 24.5. The lowest BCUT2D eigenvalue weighted by Gasteiger charge is -2.13. The Morgan fingerprint density at radius 2 is 2.10 bits per heavy atom. The van der Waals surface area contributed by atoms with E-state index in [4.69, 9.17) is 5.11 Å². The molecular formula is C15H9FO3S. The number of aliphatic carboxylic acids is 1. The molecule has 0 saturated carbocycles. The maximum atomic E-state index is 13.3. The summed E-state index contributed by atoms with van der Waals surface area (Å²) in [7, 11) is 0. The molecule has 0 radical (unpaired) electrons. The lowest BCUT2D eigenvalue weighted by Crippen LogP contribution is -2.03. The Hall–Kier alpha value is -2.14. The molecule has 1 aliphatic heterocycles. The van der Waals surface area contributed by atoms with Gasteiger partial charge < -0.3 is 5.11 Å². The number of thioether (sulfide) groups is 1. The highest BCUT2D eigenvalue weighted by atomic mass is 32.2. The monoisotopic (exact) mass is 288 g/mol. The first-order chi connectivity index (χ1) is 9.54. The standard InChI is InChI=1S/C15H9FO3S/c16-10-3-4-13-11(7-10)12(17)5-8-1-2-9(15(18)19)6-14(8)20-13/h2-7H,1H2,(H,18,19).